The van der Waals surface area contributed by atoms with Crippen molar-refractivity contribution in [1.82, 2.24) is 4.90 Å². The van der Waals surface area contributed by atoms with Crippen LogP contribution in [0.1, 0.15) is 64.7 Å². The van der Waals surface area contributed by atoms with Crippen LogP contribution >= 0.6 is 0 Å². The first-order chi connectivity index (χ1) is 9.16. The van der Waals surface area contributed by atoms with E-state index in [2.05, 4.69) is 4.90 Å². The molecule has 0 bridgehead atoms. The predicted octanol–water partition coefficient (Wildman–Crippen LogP) is 3.53. The average molecular weight is 267 g/mol. The Balaban J connectivity index is 1.91. The lowest BCUT2D eigenvalue weighted by molar-refractivity contribution is -0.153. The van der Waals surface area contributed by atoms with Crippen molar-refractivity contribution >= 4 is 5.97 Å². The summed E-state index contributed by atoms with van der Waals surface area (Å²) in [6.45, 7) is 5.04. The summed E-state index contributed by atoms with van der Waals surface area (Å²) in [5, 5.41) is 9.53. The first kappa shape index (κ1) is 14.8. The van der Waals surface area contributed by atoms with Crippen LogP contribution in [0.2, 0.25) is 0 Å². The molecule has 2 fully saturated rings. The number of hydrogen-bond acceptors (Lipinski definition) is 2. The summed E-state index contributed by atoms with van der Waals surface area (Å²) in [7, 11) is 0. The maximum atomic E-state index is 11.6. The highest BCUT2D eigenvalue weighted by atomic mass is 16.4. The minimum atomic E-state index is -0.583. The monoisotopic (exact) mass is 267 g/mol. The zero-order chi connectivity index (χ0) is 13.7. The molecule has 2 rings (SSSR count). The summed E-state index contributed by atoms with van der Waals surface area (Å²) in [5.74, 6) is 0.226. The van der Waals surface area contributed by atoms with Gasteiger partial charge in [0.25, 0.3) is 0 Å². The van der Waals surface area contributed by atoms with Crippen molar-refractivity contribution in [2.75, 3.05) is 19.6 Å². The van der Waals surface area contributed by atoms with Gasteiger partial charge in [0.2, 0.25) is 0 Å². The molecular formula is C16H29NO2. The molecule has 0 amide bonds. The van der Waals surface area contributed by atoms with Crippen molar-refractivity contribution in [3.63, 3.8) is 0 Å². The van der Waals surface area contributed by atoms with Gasteiger partial charge in [0, 0.05) is 13.1 Å². The molecule has 1 N–H and O–H groups in total. The standard InChI is InChI=1S/C16H29NO2/c1-2-16(15(18)19)10-7-11-17(13-16)12-14-8-5-3-4-6-9-14/h14H,2-13H2,1H3,(H,18,19). The zero-order valence-corrected chi connectivity index (χ0v) is 12.4. The van der Waals surface area contributed by atoms with Crippen LogP contribution in [0.25, 0.3) is 0 Å². The molecule has 3 heteroatoms. The molecule has 0 aromatic carbocycles. The molecule has 1 saturated heterocycles. The third kappa shape index (κ3) is 3.71. The second kappa shape index (κ2) is 6.74. The van der Waals surface area contributed by atoms with Crippen LogP contribution in [-0.4, -0.2) is 35.6 Å². The van der Waals surface area contributed by atoms with Gasteiger partial charge in [-0.1, -0.05) is 32.6 Å². The third-order valence-electron chi connectivity index (χ3n) is 5.28. The summed E-state index contributed by atoms with van der Waals surface area (Å²) < 4.78 is 0. The Bertz CT molecular complexity index is 297. The van der Waals surface area contributed by atoms with Crippen molar-refractivity contribution < 1.29 is 9.90 Å². The van der Waals surface area contributed by atoms with E-state index >= 15 is 0 Å². The van der Waals surface area contributed by atoms with Gasteiger partial charge >= 0.3 is 5.97 Å². The van der Waals surface area contributed by atoms with Crippen LogP contribution < -0.4 is 0 Å². The molecule has 1 saturated carbocycles. The second-order valence-electron chi connectivity index (χ2n) is 6.64. The lowest BCUT2D eigenvalue weighted by Crippen LogP contribution is -2.48. The van der Waals surface area contributed by atoms with Crippen LogP contribution in [0.5, 0.6) is 0 Å². The molecule has 1 aliphatic carbocycles. The maximum Gasteiger partial charge on any atom is 0.310 e. The molecule has 1 atom stereocenters. The number of rotatable bonds is 4. The molecule has 1 aliphatic heterocycles. The van der Waals surface area contributed by atoms with Crippen molar-refractivity contribution in [2.45, 2.75) is 64.7 Å². The van der Waals surface area contributed by atoms with Gasteiger partial charge in [0.05, 0.1) is 5.41 Å². The Morgan fingerprint density at radius 3 is 2.47 bits per heavy atom. The van der Waals surface area contributed by atoms with Crippen LogP contribution in [0, 0.1) is 11.3 Å². The molecule has 0 radical (unpaired) electrons. The van der Waals surface area contributed by atoms with E-state index in [1.165, 1.54) is 38.5 Å². The van der Waals surface area contributed by atoms with E-state index in [-0.39, 0.29) is 0 Å². The minimum Gasteiger partial charge on any atom is -0.481 e. The van der Waals surface area contributed by atoms with Crippen molar-refractivity contribution in [3.8, 4) is 0 Å². The number of nitrogens with zero attached hydrogens (tertiary/aromatic N) is 1. The number of piperidine rings is 1. The van der Waals surface area contributed by atoms with Crippen molar-refractivity contribution in [1.29, 1.82) is 0 Å². The summed E-state index contributed by atoms with van der Waals surface area (Å²) in [6, 6.07) is 0. The minimum absolute atomic E-state index is 0.469. The van der Waals surface area contributed by atoms with E-state index in [0.717, 1.165) is 44.8 Å². The largest absolute Gasteiger partial charge is 0.481 e. The van der Waals surface area contributed by atoms with Gasteiger partial charge in [-0.3, -0.25) is 4.79 Å². The molecule has 0 aromatic rings. The second-order valence-corrected chi connectivity index (χ2v) is 6.64. The quantitative estimate of drug-likeness (QED) is 0.792. The van der Waals surface area contributed by atoms with E-state index in [1.54, 1.807) is 0 Å². The Labute approximate surface area is 117 Å². The number of aliphatic carboxylic acids is 1. The van der Waals surface area contributed by atoms with Gasteiger partial charge in [-0.25, -0.2) is 0 Å². The van der Waals surface area contributed by atoms with E-state index in [4.69, 9.17) is 0 Å². The Kier molecular flexibility index (Phi) is 5.26. The number of hydrogen-bond donors (Lipinski definition) is 1. The first-order valence-electron chi connectivity index (χ1n) is 8.12. The van der Waals surface area contributed by atoms with E-state index in [1.807, 2.05) is 6.92 Å². The SMILES string of the molecule is CCC1(C(=O)O)CCCN(CC2CCCCCC2)C1. The fourth-order valence-corrected chi connectivity index (χ4v) is 3.91. The fraction of sp³-hybridized carbons (Fsp3) is 0.938. The topological polar surface area (TPSA) is 40.5 Å². The van der Waals surface area contributed by atoms with Gasteiger partial charge in [-0.05, 0) is 44.6 Å². The van der Waals surface area contributed by atoms with Gasteiger partial charge in [0.1, 0.15) is 0 Å². The molecule has 19 heavy (non-hydrogen) atoms. The Morgan fingerprint density at radius 1 is 1.21 bits per heavy atom. The van der Waals surface area contributed by atoms with Crippen LogP contribution in [0.3, 0.4) is 0 Å². The maximum absolute atomic E-state index is 11.6. The highest BCUT2D eigenvalue weighted by Gasteiger charge is 2.40. The lowest BCUT2D eigenvalue weighted by atomic mass is 9.77. The fourth-order valence-electron chi connectivity index (χ4n) is 3.91. The predicted molar refractivity (Wildman–Crippen MR) is 77.2 cm³/mol. The molecular weight excluding hydrogens is 238 g/mol. The number of carboxylic acids is 1. The number of carbonyl (C=O) groups is 1. The molecule has 1 unspecified atom stereocenters. The summed E-state index contributed by atoms with van der Waals surface area (Å²) >= 11 is 0. The Hall–Kier alpha value is -0.570. The van der Waals surface area contributed by atoms with Gasteiger partial charge in [0.15, 0.2) is 0 Å². The molecule has 3 nitrogen and oxygen atoms in total. The summed E-state index contributed by atoms with van der Waals surface area (Å²) in [5.41, 5.74) is -0.469. The lowest BCUT2D eigenvalue weighted by Gasteiger charge is -2.40. The third-order valence-corrected chi connectivity index (χ3v) is 5.28. The van der Waals surface area contributed by atoms with Crippen LogP contribution in [0.15, 0.2) is 0 Å². The molecule has 0 aromatic heterocycles. The van der Waals surface area contributed by atoms with E-state index < -0.39 is 11.4 Å². The van der Waals surface area contributed by atoms with E-state index in [9.17, 15) is 9.90 Å². The smallest absolute Gasteiger partial charge is 0.310 e. The molecule has 110 valence electrons. The van der Waals surface area contributed by atoms with E-state index in [0.29, 0.717) is 0 Å². The molecule has 1 heterocycles. The van der Waals surface area contributed by atoms with Crippen LogP contribution in [0.4, 0.5) is 0 Å². The average Bonchev–Trinajstić information content (AvgIpc) is 2.67. The van der Waals surface area contributed by atoms with Crippen LogP contribution in [-0.2, 0) is 4.79 Å². The number of likely N-dealkylation sites (tertiary alicyclic amines) is 1. The van der Waals surface area contributed by atoms with Gasteiger partial charge in [-0.15, -0.1) is 0 Å². The zero-order valence-electron chi connectivity index (χ0n) is 12.4. The van der Waals surface area contributed by atoms with Gasteiger partial charge < -0.3 is 10.0 Å². The van der Waals surface area contributed by atoms with Crippen molar-refractivity contribution in [3.05, 3.63) is 0 Å². The highest BCUT2D eigenvalue weighted by Crippen LogP contribution is 2.35. The normalized spacial score (nSPS) is 31.0. The van der Waals surface area contributed by atoms with Crippen molar-refractivity contribution in [2.24, 2.45) is 11.3 Å². The highest BCUT2D eigenvalue weighted by molar-refractivity contribution is 5.75. The molecule has 0 spiro atoms. The Morgan fingerprint density at radius 2 is 1.89 bits per heavy atom. The summed E-state index contributed by atoms with van der Waals surface area (Å²) in [4.78, 5) is 14.0. The molecule has 2 aliphatic rings. The summed E-state index contributed by atoms with van der Waals surface area (Å²) in [6.07, 6.45) is 10.9. The van der Waals surface area contributed by atoms with Gasteiger partial charge in [-0.2, -0.15) is 0 Å². The number of carboxylic acid groups (broad SMARTS) is 1. The first-order valence-corrected chi connectivity index (χ1v) is 8.12.